The van der Waals surface area contributed by atoms with Crippen LogP contribution in [0.4, 0.5) is 8.78 Å². The molecule has 0 aliphatic carbocycles. The van der Waals surface area contributed by atoms with E-state index in [1.165, 1.54) is 11.0 Å². The minimum Gasteiger partial charge on any atom is -0.433 e. The molecule has 5 nitrogen and oxygen atoms in total. The minimum absolute atomic E-state index is 0.0795. The van der Waals surface area contributed by atoms with Gasteiger partial charge in [0.05, 0.1) is 6.54 Å². The van der Waals surface area contributed by atoms with Gasteiger partial charge in [0.15, 0.2) is 0 Å². The molecule has 1 amide bonds. The fraction of sp³-hybridized carbons (Fsp3) is 0.385. The summed E-state index contributed by atoms with van der Waals surface area (Å²) < 4.78 is 30.9. The second kappa shape index (κ2) is 6.21. The van der Waals surface area contributed by atoms with Crippen molar-refractivity contribution in [3.63, 3.8) is 0 Å². The summed E-state index contributed by atoms with van der Waals surface area (Å²) in [7, 11) is 3.42. The van der Waals surface area contributed by atoms with E-state index < -0.39 is 6.61 Å². The molecule has 0 aromatic carbocycles. The topological polar surface area (TPSA) is 47.4 Å². The largest absolute Gasteiger partial charge is 0.433 e. The van der Waals surface area contributed by atoms with E-state index in [2.05, 4.69) is 9.72 Å². The number of carbonyl (C=O) groups is 1. The second-order valence-electron chi connectivity index (χ2n) is 4.54. The number of aryl methyl sites for hydroxylation is 2. The molecule has 2 aromatic heterocycles. The molecule has 0 aliphatic heterocycles. The highest BCUT2D eigenvalue weighted by Gasteiger charge is 2.22. The molecule has 0 N–H and O–H groups in total. The van der Waals surface area contributed by atoms with Gasteiger partial charge in [-0.1, -0.05) is 0 Å². The lowest BCUT2D eigenvalue weighted by Gasteiger charge is -2.16. The number of amides is 1. The average Bonchev–Trinajstić information content (AvgIpc) is 2.95. The van der Waals surface area contributed by atoms with Crippen LogP contribution in [-0.4, -0.2) is 34.0 Å². The molecule has 0 bridgehead atoms. The molecule has 2 aromatic rings. The summed E-state index contributed by atoms with van der Waals surface area (Å²) in [5.41, 5.74) is 0. The van der Waals surface area contributed by atoms with Gasteiger partial charge in [0, 0.05) is 31.4 Å². The van der Waals surface area contributed by atoms with Gasteiger partial charge >= 0.3 is 6.61 Å². The predicted octanol–water partition coefficient (Wildman–Crippen LogP) is 2.66. The number of nitrogens with zero attached hydrogens (tertiary/aromatic N) is 3. The van der Waals surface area contributed by atoms with E-state index in [9.17, 15) is 13.6 Å². The van der Waals surface area contributed by atoms with Crippen LogP contribution in [0.15, 0.2) is 18.5 Å². The number of imidazole rings is 1. The van der Waals surface area contributed by atoms with E-state index in [-0.39, 0.29) is 23.1 Å². The minimum atomic E-state index is -2.95. The first-order chi connectivity index (χ1) is 9.88. The lowest BCUT2D eigenvalue weighted by atomic mass is 10.3. The highest BCUT2D eigenvalue weighted by atomic mass is 32.1. The van der Waals surface area contributed by atoms with Crippen LogP contribution in [0.25, 0.3) is 0 Å². The van der Waals surface area contributed by atoms with Crippen molar-refractivity contribution >= 4 is 17.2 Å². The SMILES string of the molecule is Cc1cc(OC(F)F)c(C(=O)N(C)Cc2nccn2C)s1. The molecule has 114 valence electrons. The van der Waals surface area contributed by atoms with Crippen molar-refractivity contribution in [2.45, 2.75) is 20.1 Å². The molecular weight excluding hydrogens is 300 g/mol. The number of rotatable bonds is 5. The van der Waals surface area contributed by atoms with Gasteiger partial charge in [0.25, 0.3) is 5.91 Å². The normalized spacial score (nSPS) is 11.0. The number of halogens is 2. The van der Waals surface area contributed by atoms with Crippen molar-refractivity contribution in [1.29, 1.82) is 0 Å². The zero-order valence-electron chi connectivity index (χ0n) is 11.8. The summed E-state index contributed by atoms with van der Waals surface area (Å²) >= 11 is 1.13. The zero-order valence-corrected chi connectivity index (χ0v) is 12.7. The molecule has 0 aliphatic rings. The van der Waals surface area contributed by atoms with E-state index in [0.717, 1.165) is 16.2 Å². The van der Waals surface area contributed by atoms with Crippen LogP contribution >= 0.6 is 11.3 Å². The van der Waals surface area contributed by atoms with E-state index in [1.54, 1.807) is 30.9 Å². The summed E-state index contributed by atoms with van der Waals surface area (Å²) in [6, 6.07) is 1.44. The van der Waals surface area contributed by atoms with Crippen LogP contribution in [0.5, 0.6) is 5.75 Å². The van der Waals surface area contributed by atoms with E-state index >= 15 is 0 Å². The first kappa shape index (κ1) is 15.4. The molecule has 0 saturated carbocycles. The van der Waals surface area contributed by atoms with Gasteiger partial charge < -0.3 is 14.2 Å². The van der Waals surface area contributed by atoms with Crippen molar-refractivity contribution in [3.8, 4) is 5.75 Å². The predicted molar refractivity (Wildman–Crippen MR) is 74.7 cm³/mol. The summed E-state index contributed by atoms with van der Waals surface area (Å²) in [5.74, 6) is 0.256. The van der Waals surface area contributed by atoms with Crippen molar-refractivity contribution in [2.75, 3.05) is 7.05 Å². The van der Waals surface area contributed by atoms with E-state index in [4.69, 9.17) is 0 Å². The van der Waals surface area contributed by atoms with Crippen LogP contribution in [0.2, 0.25) is 0 Å². The standard InChI is InChI=1S/C13H15F2N3O2S/c1-8-6-9(20-13(14)15)11(21-8)12(19)18(3)7-10-16-4-5-17(10)2/h4-6,13H,7H2,1-3H3. The number of hydrogen-bond acceptors (Lipinski definition) is 4. The maximum absolute atomic E-state index is 12.4. The van der Waals surface area contributed by atoms with Crippen molar-refractivity contribution in [1.82, 2.24) is 14.5 Å². The Morgan fingerprint density at radius 3 is 2.86 bits per heavy atom. The second-order valence-corrected chi connectivity index (χ2v) is 5.80. The third kappa shape index (κ3) is 3.57. The number of alkyl halides is 2. The number of thiophene rings is 1. The average molecular weight is 315 g/mol. The van der Waals surface area contributed by atoms with Gasteiger partial charge in [-0.2, -0.15) is 8.78 Å². The Hall–Kier alpha value is -1.96. The van der Waals surface area contributed by atoms with Crippen molar-refractivity contribution in [3.05, 3.63) is 34.0 Å². The summed E-state index contributed by atoms with van der Waals surface area (Å²) in [6.45, 7) is -0.934. The number of hydrogen-bond donors (Lipinski definition) is 0. The molecule has 0 radical (unpaired) electrons. The fourth-order valence-corrected chi connectivity index (χ4v) is 2.77. The van der Waals surface area contributed by atoms with Gasteiger partial charge in [0.2, 0.25) is 0 Å². The lowest BCUT2D eigenvalue weighted by molar-refractivity contribution is -0.0499. The van der Waals surface area contributed by atoms with Gasteiger partial charge in [-0.3, -0.25) is 4.79 Å². The Morgan fingerprint density at radius 1 is 1.57 bits per heavy atom. The van der Waals surface area contributed by atoms with Gasteiger partial charge in [-0.15, -0.1) is 11.3 Å². The Kier molecular flexibility index (Phi) is 4.56. The molecular formula is C13H15F2N3O2S. The smallest absolute Gasteiger partial charge is 0.387 e. The highest BCUT2D eigenvalue weighted by molar-refractivity contribution is 7.14. The zero-order chi connectivity index (χ0) is 15.6. The summed E-state index contributed by atoms with van der Waals surface area (Å²) in [4.78, 5) is 18.8. The molecule has 0 spiro atoms. The van der Waals surface area contributed by atoms with Crippen LogP contribution < -0.4 is 4.74 Å². The third-order valence-electron chi connectivity index (χ3n) is 2.88. The fourth-order valence-electron chi connectivity index (χ4n) is 1.83. The Morgan fingerprint density at radius 2 is 2.29 bits per heavy atom. The molecule has 21 heavy (non-hydrogen) atoms. The molecule has 8 heteroatoms. The van der Waals surface area contributed by atoms with Gasteiger partial charge in [-0.25, -0.2) is 4.98 Å². The van der Waals surface area contributed by atoms with Crippen LogP contribution in [-0.2, 0) is 13.6 Å². The van der Waals surface area contributed by atoms with Crippen molar-refractivity contribution in [2.24, 2.45) is 7.05 Å². The maximum Gasteiger partial charge on any atom is 0.387 e. The monoisotopic (exact) mass is 315 g/mol. The van der Waals surface area contributed by atoms with E-state index in [0.29, 0.717) is 5.82 Å². The third-order valence-corrected chi connectivity index (χ3v) is 3.90. The molecule has 0 atom stereocenters. The Balaban J connectivity index is 2.17. The Bertz CT molecular complexity index is 639. The van der Waals surface area contributed by atoms with Crippen LogP contribution in [0, 0.1) is 6.92 Å². The molecule has 0 unspecified atom stereocenters. The first-order valence-corrected chi connectivity index (χ1v) is 6.97. The number of carbonyl (C=O) groups excluding carboxylic acids is 1. The molecule has 2 heterocycles. The van der Waals surface area contributed by atoms with E-state index in [1.807, 2.05) is 7.05 Å². The van der Waals surface area contributed by atoms with Gasteiger partial charge in [-0.05, 0) is 13.0 Å². The van der Waals surface area contributed by atoms with Crippen molar-refractivity contribution < 1.29 is 18.3 Å². The lowest BCUT2D eigenvalue weighted by Crippen LogP contribution is -2.27. The first-order valence-electron chi connectivity index (χ1n) is 6.15. The van der Waals surface area contributed by atoms with Gasteiger partial charge in [0.1, 0.15) is 16.5 Å². The molecule has 2 rings (SSSR count). The number of ether oxygens (including phenoxy) is 1. The summed E-state index contributed by atoms with van der Waals surface area (Å²) in [6.07, 6.45) is 3.41. The molecule has 0 saturated heterocycles. The Labute approximate surface area is 124 Å². The van der Waals surface area contributed by atoms with Crippen LogP contribution in [0.1, 0.15) is 20.4 Å². The highest BCUT2D eigenvalue weighted by Crippen LogP contribution is 2.31. The quantitative estimate of drug-likeness (QED) is 0.852. The molecule has 0 fully saturated rings. The number of aromatic nitrogens is 2. The van der Waals surface area contributed by atoms with Crippen LogP contribution in [0.3, 0.4) is 0 Å². The summed E-state index contributed by atoms with van der Waals surface area (Å²) in [5, 5.41) is 0. The maximum atomic E-state index is 12.4.